The van der Waals surface area contributed by atoms with Crippen molar-refractivity contribution >= 4 is 11.4 Å². The van der Waals surface area contributed by atoms with Gasteiger partial charge in [0.05, 0.1) is 18.3 Å². The SMILES string of the molecule is CN(C)c1ccc(C2CC(c3c(O)n(Cc4ccccc4)c(=O)[nH]c3=O)=NN2)cc1. The Kier molecular flexibility index (Phi) is 5.14. The van der Waals surface area contributed by atoms with Crippen LogP contribution in [0.3, 0.4) is 0 Å². The topological polar surface area (TPSA) is 103 Å². The van der Waals surface area contributed by atoms with Crippen molar-refractivity contribution in [1.29, 1.82) is 0 Å². The maximum atomic E-state index is 12.5. The van der Waals surface area contributed by atoms with Gasteiger partial charge in [-0.05, 0) is 23.3 Å². The molecule has 2 heterocycles. The van der Waals surface area contributed by atoms with Crippen molar-refractivity contribution in [3.63, 3.8) is 0 Å². The summed E-state index contributed by atoms with van der Waals surface area (Å²) in [4.78, 5) is 29.1. The number of nitrogens with one attached hydrogen (secondary N) is 2. The lowest BCUT2D eigenvalue weighted by atomic mass is 9.99. The molecule has 0 bridgehead atoms. The Morgan fingerprint density at radius 2 is 1.80 bits per heavy atom. The first-order valence-electron chi connectivity index (χ1n) is 9.64. The summed E-state index contributed by atoms with van der Waals surface area (Å²) in [6.45, 7) is 0.144. The van der Waals surface area contributed by atoms with Crippen LogP contribution in [0.25, 0.3) is 0 Å². The molecule has 8 nitrogen and oxygen atoms in total. The Labute approximate surface area is 173 Å². The van der Waals surface area contributed by atoms with E-state index in [9.17, 15) is 14.7 Å². The zero-order chi connectivity index (χ0) is 21.3. The molecule has 3 N–H and O–H groups in total. The Morgan fingerprint density at radius 3 is 2.47 bits per heavy atom. The van der Waals surface area contributed by atoms with Gasteiger partial charge < -0.3 is 15.4 Å². The second-order valence-electron chi connectivity index (χ2n) is 7.46. The lowest BCUT2D eigenvalue weighted by Gasteiger charge is -2.15. The fraction of sp³-hybridized carbons (Fsp3) is 0.227. The van der Waals surface area contributed by atoms with Gasteiger partial charge in [0.15, 0.2) is 0 Å². The highest BCUT2D eigenvalue weighted by Crippen LogP contribution is 2.27. The molecule has 0 spiro atoms. The summed E-state index contributed by atoms with van der Waals surface area (Å²) in [7, 11) is 3.95. The predicted octanol–water partition coefficient (Wildman–Crippen LogP) is 1.80. The van der Waals surface area contributed by atoms with Gasteiger partial charge in [0.2, 0.25) is 5.88 Å². The van der Waals surface area contributed by atoms with E-state index >= 15 is 0 Å². The number of aromatic hydroxyl groups is 1. The van der Waals surface area contributed by atoms with E-state index in [-0.39, 0.29) is 24.0 Å². The number of aromatic amines is 1. The van der Waals surface area contributed by atoms with Gasteiger partial charge in [0.25, 0.3) is 5.56 Å². The Balaban J connectivity index is 1.62. The molecule has 1 unspecified atom stereocenters. The molecule has 3 aromatic rings. The van der Waals surface area contributed by atoms with Crippen molar-refractivity contribution in [3.05, 3.63) is 92.1 Å². The van der Waals surface area contributed by atoms with Crippen molar-refractivity contribution in [3.8, 4) is 5.88 Å². The molecular formula is C22H23N5O3. The van der Waals surface area contributed by atoms with Crippen molar-refractivity contribution in [2.75, 3.05) is 19.0 Å². The van der Waals surface area contributed by atoms with Crippen LogP contribution in [0.2, 0.25) is 0 Å². The zero-order valence-corrected chi connectivity index (χ0v) is 16.8. The molecule has 0 radical (unpaired) electrons. The lowest BCUT2D eigenvalue weighted by Crippen LogP contribution is -2.34. The summed E-state index contributed by atoms with van der Waals surface area (Å²) in [5, 5.41) is 15.0. The minimum atomic E-state index is -0.660. The van der Waals surface area contributed by atoms with Gasteiger partial charge in [0.1, 0.15) is 5.56 Å². The number of hydrogen-bond donors (Lipinski definition) is 3. The van der Waals surface area contributed by atoms with E-state index in [1.165, 1.54) is 0 Å². The molecule has 0 aliphatic carbocycles. The van der Waals surface area contributed by atoms with E-state index in [1.54, 1.807) is 0 Å². The minimum Gasteiger partial charge on any atom is -0.494 e. The molecule has 0 saturated carbocycles. The molecular weight excluding hydrogens is 382 g/mol. The number of H-pyrrole nitrogens is 1. The molecule has 2 aromatic carbocycles. The van der Waals surface area contributed by atoms with Crippen LogP contribution in [-0.2, 0) is 6.54 Å². The predicted molar refractivity (Wildman–Crippen MR) is 116 cm³/mol. The van der Waals surface area contributed by atoms with Crippen molar-refractivity contribution in [2.45, 2.75) is 19.0 Å². The summed E-state index contributed by atoms with van der Waals surface area (Å²) in [6.07, 6.45) is 0.418. The molecule has 1 aliphatic heterocycles. The molecule has 1 aliphatic rings. The van der Waals surface area contributed by atoms with Gasteiger partial charge in [-0.25, -0.2) is 4.79 Å². The summed E-state index contributed by atoms with van der Waals surface area (Å²) in [5.74, 6) is -0.378. The Morgan fingerprint density at radius 1 is 1.10 bits per heavy atom. The average molecular weight is 405 g/mol. The maximum absolute atomic E-state index is 12.5. The number of anilines is 1. The summed E-state index contributed by atoms with van der Waals surface area (Å²) in [6, 6.07) is 17.2. The quantitative estimate of drug-likeness (QED) is 0.601. The Bertz CT molecular complexity index is 1190. The molecule has 8 heteroatoms. The van der Waals surface area contributed by atoms with Crippen LogP contribution in [0.15, 0.2) is 69.3 Å². The van der Waals surface area contributed by atoms with E-state index in [0.29, 0.717) is 12.1 Å². The number of hydrogen-bond acceptors (Lipinski definition) is 6. The van der Waals surface area contributed by atoms with Crippen LogP contribution in [0.4, 0.5) is 5.69 Å². The van der Waals surface area contributed by atoms with Crippen LogP contribution in [0.1, 0.15) is 29.2 Å². The third-order valence-corrected chi connectivity index (χ3v) is 5.21. The van der Waals surface area contributed by atoms with Crippen molar-refractivity contribution in [1.82, 2.24) is 15.0 Å². The smallest absolute Gasteiger partial charge is 0.331 e. The fourth-order valence-corrected chi connectivity index (χ4v) is 3.53. The number of nitrogens with zero attached hydrogens (tertiary/aromatic N) is 3. The van der Waals surface area contributed by atoms with Crippen LogP contribution in [-0.4, -0.2) is 34.5 Å². The number of rotatable bonds is 5. The van der Waals surface area contributed by atoms with E-state index in [1.807, 2.05) is 73.6 Å². The highest BCUT2D eigenvalue weighted by molar-refractivity contribution is 6.03. The van der Waals surface area contributed by atoms with E-state index in [2.05, 4.69) is 15.5 Å². The average Bonchev–Trinajstić information content (AvgIpc) is 3.21. The molecule has 1 aromatic heterocycles. The second-order valence-corrected chi connectivity index (χ2v) is 7.46. The highest BCUT2D eigenvalue weighted by atomic mass is 16.3. The molecule has 0 saturated heterocycles. The van der Waals surface area contributed by atoms with Gasteiger partial charge in [-0.2, -0.15) is 5.10 Å². The third kappa shape index (κ3) is 3.71. The molecule has 0 amide bonds. The summed E-state index contributed by atoms with van der Waals surface area (Å²) < 4.78 is 1.15. The standard InChI is InChI=1S/C22H23N5O3/c1-26(2)16-10-8-15(9-11-16)17-12-18(25-24-17)19-20(28)23-22(30)27(21(19)29)13-14-6-4-3-5-7-14/h3-11,17,24,29H,12-13H2,1-2H3,(H,23,28,30). The lowest BCUT2D eigenvalue weighted by molar-refractivity contribution is 0.408. The van der Waals surface area contributed by atoms with E-state index in [4.69, 9.17) is 0 Å². The minimum absolute atomic E-state index is 0.0189. The summed E-state index contributed by atoms with van der Waals surface area (Å²) >= 11 is 0. The van der Waals surface area contributed by atoms with Gasteiger partial charge in [-0.3, -0.25) is 14.3 Å². The van der Waals surface area contributed by atoms with Crippen LogP contribution < -0.4 is 21.6 Å². The molecule has 154 valence electrons. The monoisotopic (exact) mass is 405 g/mol. The van der Waals surface area contributed by atoms with E-state index < -0.39 is 11.2 Å². The molecule has 1 atom stereocenters. The second kappa shape index (κ2) is 7.90. The Hall–Kier alpha value is -3.81. The number of benzene rings is 2. The van der Waals surface area contributed by atoms with Gasteiger partial charge >= 0.3 is 5.69 Å². The third-order valence-electron chi connectivity index (χ3n) is 5.21. The van der Waals surface area contributed by atoms with Gasteiger partial charge in [-0.1, -0.05) is 42.5 Å². The van der Waals surface area contributed by atoms with Crippen molar-refractivity contribution in [2.24, 2.45) is 5.10 Å². The number of aromatic nitrogens is 2. The molecule has 4 rings (SSSR count). The van der Waals surface area contributed by atoms with Crippen LogP contribution in [0.5, 0.6) is 5.88 Å². The first kappa shape index (κ1) is 19.5. The van der Waals surface area contributed by atoms with Gasteiger partial charge in [-0.15, -0.1) is 0 Å². The normalized spacial score (nSPS) is 15.5. The first-order chi connectivity index (χ1) is 14.4. The van der Waals surface area contributed by atoms with E-state index in [0.717, 1.165) is 21.4 Å². The zero-order valence-electron chi connectivity index (χ0n) is 16.8. The molecule has 0 fully saturated rings. The molecule has 30 heavy (non-hydrogen) atoms. The summed E-state index contributed by atoms with van der Waals surface area (Å²) in [5.41, 5.74) is 5.09. The maximum Gasteiger partial charge on any atom is 0.331 e. The largest absolute Gasteiger partial charge is 0.494 e. The van der Waals surface area contributed by atoms with Crippen molar-refractivity contribution < 1.29 is 5.11 Å². The number of hydrazone groups is 1. The van der Waals surface area contributed by atoms with Gasteiger partial charge in [0, 0.05) is 26.2 Å². The fourth-order valence-electron chi connectivity index (χ4n) is 3.53. The first-order valence-corrected chi connectivity index (χ1v) is 9.64. The van der Waals surface area contributed by atoms with Crippen LogP contribution in [0, 0.1) is 0 Å². The highest BCUT2D eigenvalue weighted by Gasteiger charge is 2.27. The van der Waals surface area contributed by atoms with Crippen LogP contribution >= 0.6 is 0 Å².